The van der Waals surface area contributed by atoms with Crippen LogP contribution in [0.3, 0.4) is 0 Å². The van der Waals surface area contributed by atoms with Crippen molar-refractivity contribution in [2.75, 3.05) is 0 Å². The summed E-state index contributed by atoms with van der Waals surface area (Å²) < 4.78 is 1.09. The molecule has 0 aliphatic rings. The van der Waals surface area contributed by atoms with Gasteiger partial charge < -0.3 is 5.73 Å². The highest BCUT2D eigenvalue weighted by Crippen LogP contribution is 2.33. The maximum absolute atomic E-state index is 6.14. The molecule has 1 unspecified atom stereocenters. The fourth-order valence-electron chi connectivity index (χ4n) is 1.19. The Morgan fingerprint density at radius 3 is 2.23 bits per heavy atom. The summed E-state index contributed by atoms with van der Waals surface area (Å²) in [5, 5.41) is 0. The van der Waals surface area contributed by atoms with Crippen LogP contribution in [0.15, 0.2) is 28.7 Å². The van der Waals surface area contributed by atoms with E-state index in [1.165, 1.54) is 5.56 Å². The molecule has 2 heteroatoms. The van der Waals surface area contributed by atoms with Crippen LogP contribution in [0.25, 0.3) is 0 Å². The molecule has 0 saturated carbocycles. The molecule has 2 N–H and O–H groups in total. The van der Waals surface area contributed by atoms with E-state index in [-0.39, 0.29) is 11.5 Å². The lowest BCUT2D eigenvalue weighted by Gasteiger charge is -2.28. The van der Waals surface area contributed by atoms with E-state index in [9.17, 15) is 0 Å². The number of rotatable bonds is 1. The van der Waals surface area contributed by atoms with Crippen molar-refractivity contribution in [3.8, 4) is 0 Å². The van der Waals surface area contributed by atoms with Crippen molar-refractivity contribution in [2.24, 2.45) is 11.1 Å². The molecule has 0 heterocycles. The van der Waals surface area contributed by atoms with Crippen molar-refractivity contribution < 1.29 is 0 Å². The van der Waals surface area contributed by atoms with Crippen LogP contribution < -0.4 is 5.73 Å². The van der Waals surface area contributed by atoms with Gasteiger partial charge in [-0.2, -0.15) is 0 Å². The van der Waals surface area contributed by atoms with E-state index in [2.05, 4.69) is 42.8 Å². The summed E-state index contributed by atoms with van der Waals surface area (Å²) in [5.41, 5.74) is 7.42. The Morgan fingerprint density at radius 2 is 1.77 bits per heavy atom. The minimum Gasteiger partial charge on any atom is -0.323 e. The average molecular weight is 242 g/mol. The van der Waals surface area contributed by atoms with Crippen LogP contribution in [0, 0.1) is 5.41 Å². The number of halogens is 1. The Kier molecular flexibility index (Phi) is 3.14. The lowest BCUT2D eigenvalue weighted by Crippen LogP contribution is -2.26. The largest absolute Gasteiger partial charge is 0.323 e. The fourth-order valence-corrected chi connectivity index (χ4v) is 1.73. The average Bonchev–Trinajstić information content (AvgIpc) is 2.02. The first-order valence-corrected chi connectivity index (χ1v) is 5.22. The predicted molar refractivity (Wildman–Crippen MR) is 60.5 cm³/mol. The van der Waals surface area contributed by atoms with Crippen molar-refractivity contribution in [3.63, 3.8) is 0 Å². The standard InChI is InChI=1S/C11H16BrN/c1-11(2,3)10(13)8-6-4-5-7-9(8)12/h4-7,10H,13H2,1-3H3. The SMILES string of the molecule is CC(C)(C)C(N)c1ccccc1Br. The summed E-state index contributed by atoms with van der Waals surface area (Å²) in [6, 6.07) is 8.19. The molecule has 1 nitrogen and oxygen atoms in total. The Morgan fingerprint density at radius 1 is 1.23 bits per heavy atom. The van der Waals surface area contributed by atoms with Gasteiger partial charge in [0.05, 0.1) is 0 Å². The number of hydrogen-bond acceptors (Lipinski definition) is 1. The molecule has 13 heavy (non-hydrogen) atoms. The van der Waals surface area contributed by atoms with Crippen LogP contribution in [0.1, 0.15) is 32.4 Å². The molecule has 1 aromatic carbocycles. The van der Waals surface area contributed by atoms with E-state index >= 15 is 0 Å². The zero-order valence-electron chi connectivity index (χ0n) is 8.34. The maximum Gasteiger partial charge on any atom is 0.0355 e. The highest BCUT2D eigenvalue weighted by Gasteiger charge is 2.23. The third-order valence-electron chi connectivity index (χ3n) is 2.17. The topological polar surface area (TPSA) is 26.0 Å². The monoisotopic (exact) mass is 241 g/mol. The van der Waals surface area contributed by atoms with Gasteiger partial charge in [-0.1, -0.05) is 54.9 Å². The molecule has 0 bridgehead atoms. The lowest BCUT2D eigenvalue weighted by molar-refractivity contribution is 0.326. The van der Waals surface area contributed by atoms with Gasteiger partial charge in [0.25, 0.3) is 0 Å². The van der Waals surface area contributed by atoms with Crippen LogP contribution in [-0.4, -0.2) is 0 Å². The van der Waals surface area contributed by atoms with E-state index in [1.54, 1.807) is 0 Å². The lowest BCUT2D eigenvalue weighted by atomic mass is 9.83. The molecule has 1 aromatic rings. The maximum atomic E-state index is 6.14. The van der Waals surface area contributed by atoms with Crippen molar-refractivity contribution in [3.05, 3.63) is 34.3 Å². The van der Waals surface area contributed by atoms with Crippen LogP contribution in [-0.2, 0) is 0 Å². The van der Waals surface area contributed by atoms with Crippen LogP contribution >= 0.6 is 15.9 Å². The minimum absolute atomic E-state index is 0.0723. The van der Waals surface area contributed by atoms with E-state index in [0.717, 1.165) is 4.47 Å². The first-order valence-electron chi connectivity index (χ1n) is 4.43. The van der Waals surface area contributed by atoms with Crippen molar-refractivity contribution in [1.29, 1.82) is 0 Å². The Bertz CT molecular complexity index is 288. The minimum atomic E-state index is 0.0723. The zero-order valence-corrected chi connectivity index (χ0v) is 9.93. The van der Waals surface area contributed by atoms with Gasteiger partial charge in [-0.15, -0.1) is 0 Å². The Balaban J connectivity index is 3.02. The molecule has 1 rings (SSSR count). The zero-order chi connectivity index (χ0) is 10.1. The quantitative estimate of drug-likeness (QED) is 0.801. The Hall–Kier alpha value is -0.340. The third kappa shape index (κ3) is 2.55. The van der Waals surface area contributed by atoms with E-state index in [0.29, 0.717) is 0 Å². The molecule has 0 aromatic heterocycles. The molecule has 0 saturated heterocycles. The first kappa shape index (κ1) is 10.7. The van der Waals surface area contributed by atoms with E-state index in [4.69, 9.17) is 5.73 Å². The number of benzene rings is 1. The fraction of sp³-hybridized carbons (Fsp3) is 0.455. The van der Waals surface area contributed by atoms with Crippen LogP contribution in [0.5, 0.6) is 0 Å². The van der Waals surface area contributed by atoms with Crippen molar-refractivity contribution in [1.82, 2.24) is 0 Å². The Labute approximate surface area is 88.5 Å². The molecule has 0 aliphatic heterocycles. The smallest absolute Gasteiger partial charge is 0.0355 e. The van der Waals surface area contributed by atoms with Crippen LogP contribution in [0.4, 0.5) is 0 Å². The molecule has 72 valence electrons. The molecule has 1 atom stereocenters. The summed E-state index contributed by atoms with van der Waals surface area (Å²) >= 11 is 3.51. The molecule has 0 radical (unpaired) electrons. The van der Waals surface area contributed by atoms with Gasteiger partial charge in [0.2, 0.25) is 0 Å². The van der Waals surface area contributed by atoms with Gasteiger partial charge in [-0.05, 0) is 17.0 Å². The van der Waals surface area contributed by atoms with E-state index < -0.39 is 0 Å². The van der Waals surface area contributed by atoms with Gasteiger partial charge >= 0.3 is 0 Å². The summed E-state index contributed by atoms with van der Waals surface area (Å²) in [5.74, 6) is 0. The second kappa shape index (κ2) is 3.81. The normalized spacial score (nSPS) is 14.2. The summed E-state index contributed by atoms with van der Waals surface area (Å²) in [4.78, 5) is 0. The third-order valence-corrected chi connectivity index (χ3v) is 2.90. The van der Waals surface area contributed by atoms with Gasteiger partial charge in [-0.25, -0.2) is 0 Å². The number of hydrogen-bond donors (Lipinski definition) is 1. The highest BCUT2D eigenvalue weighted by molar-refractivity contribution is 9.10. The number of nitrogens with two attached hydrogens (primary N) is 1. The summed E-state index contributed by atoms with van der Waals surface area (Å²) in [6.07, 6.45) is 0. The second-order valence-electron chi connectivity index (χ2n) is 4.37. The van der Waals surface area contributed by atoms with Crippen LogP contribution in [0.2, 0.25) is 0 Å². The molecular weight excluding hydrogens is 226 g/mol. The van der Waals surface area contributed by atoms with Gasteiger partial charge in [0.15, 0.2) is 0 Å². The molecule has 0 amide bonds. The van der Waals surface area contributed by atoms with Gasteiger partial charge in [-0.3, -0.25) is 0 Å². The second-order valence-corrected chi connectivity index (χ2v) is 5.22. The first-order chi connectivity index (χ1) is 5.93. The van der Waals surface area contributed by atoms with Crippen molar-refractivity contribution >= 4 is 15.9 Å². The highest BCUT2D eigenvalue weighted by atomic mass is 79.9. The van der Waals surface area contributed by atoms with Gasteiger partial charge in [0, 0.05) is 10.5 Å². The predicted octanol–water partition coefficient (Wildman–Crippen LogP) is 3.50. The van der Waals surface area contributed by atoms with Gasteiger partial charge in [0.1, 0.15) is 0 Å². The molecular formula is C11H16BrN. The van der Waals surface area contributed by atoms with Crippen molar-refractivity contribution in [2.45, 2.75) is 26.8 Å². The molecule has 0 aliphatic carbocycles. The molecule has 0 spiro atoms. The van der Waals surface area contributed by atoms with E-state index in [1.807, 2.05) is 18.2 Å². The molecule has 0 fully saturated rings. The summed E-state index contributed by atoms with van der Waals surface area (Å²) in [6.45, 7) is 6.45. The summed E-state index contributed by atoms with van der Waals surface area (Å²) in [7, 11) is 0.